The van der Waals surface area contributed by atoms with Gasteiger partial charge in [-0.05, 0) is 5.92 Å². The number of nitrogen functional groups attached to an aromatic ring is 1. The fourth-order valence-electron chi connectivity index (χ4n) is 1.50. The van der Waals surface area contributed by atoms with Gasteiger partial charge >= 0.3 is 0 Å². The molecule has 0 radical (unpaired) electrons. The number of nitrogens with one attached hydrogen (secondary N) is 2. The molecule has 0 fully saturated rings. The van der Waals surface area contributed by atoms with Gasteiger partial charge in [-0.1, -0.05) is 13.8 Å². The van der Waals surface area contributed by atoms with Crippen LogP contribution < -0.4 is 24.7 Å². The molecule has 0 saturated carbocycles. The molecule has 0 saturated heterocycles. The van der Waals surface area contributed by atoms with Gasteiger partial charge in [0.2, 0.25) is 6.79 Å². The highest BCUT2D eigenvalue weighted by Gasteiger charge is 2.19. The highest BCUT2D eigenvalue weighted by Crippen LogP contribution is 2.38. The zero-order valence-electron chi connectivity index (χ0n) is 10.8. The van der Waals surface area contributed by atoms with E-state index in [1.54, 1.807) is 0 Å². The highest BCUT2D eigenvalue weighted by atomic mass is 32.2. The molecular formula is C11H17N3O4S. The van der Waals surface area contributed by atoms with Crippen molar-refractivity contribution in [3.8, 4) is 11.5 Å². The number of nitrogens with two attached hydrogens (primary N) is 1. The fourth-order valence-corrected chi connectivity index (χ4v) is 2.59. The molecule has 0 aliphatic carbocycles. The van der Waals surface area contributed by atoms with E-state index in [-0.39, 0.29) is 24.1 Å². The summed E-state index contributed by atoms with van der Waals surface area (Å²) in [7, 11) is -3.65. The molecular weight excluding hydrogens is 270 g/mol. The molecule has 1 aromatic carbocycles. The van der Waals surface area contributed by atoms with Gasteiger partial charge < -0.3 is 15.2 Å². The maximum atomic E-state index is 11.8. The van der Waals surface area contributed by atoms with Crippen molar-refractivity contribution in [1.29, 1.82) is 0 Å². The number of hydrogen-bond acceptors (Lipinski definition) is 5. The third-order valence-electron chi connectivity index (χ3n) is 2.47. The van der Waals surface area contributed by atoms with Crippen LogP contribution in [0.3, 0.4) is 0 Å². The molecule has 1 aliphatic rings. The van der Waals surface area contributed by atoms with Crippen LogP contribution in [0.4, 0.5) is 11.4 Å². The van der Waals surface area contributed by atoms with Gasteiger partial charge in [-0.3, -0.25) is 4.72 Å². The Bertz CT molecular complexity index is 572. The second-order valence-electron chi connectivity index (χ2n) is 4.64. The summed E-state index contributed by atoms with van der Waals surface area (Å²) < 4.78 is 38.7. The summed E-state index contributed by atoms with van der Waals surface area (Å²) in [4.78, 5) is 0. The summed E-state index contributed by atoms with van der Waals surface area (Å²) in [6, 6.07) is 3.04. The third-order valence-corrected chi connectivity index (χ3v) is 3.51. The molecule has 8 heteroatoms. The van der Waals surface area contributed by atoms with E-state index in [4.69, 9.17) is 15.2 Å². The Labute approximate surface area is 112 Å². The van der Waals surface area contributed by atoms with Crippen molar-refractivity contribution < 1.29 is 17.9 Å². The van der Waals surface area contributed by atoms with E-state index in [0.717, 1.165) is 0 Å². The molecule has 4 N–H and O–H groups in total. The predicted molar refractivity (Wildman–Crippen MR) is 72.4 cm³/mol. The van der Waals surface area contributed by atoms with Crippen molar-refractivity contribution in [2.24, 2.45) is 5.92 Å². The molecule has 2 rings (SSSR count). The fraction of sp³-hybridized carbons (Fsp3) is 0.455. The van der Waals surface area contributed by atoms with Gasteiger partial charge in [-0.25, -0.2) is 0 Å². The number of ether oxygens (including phenoxy) is 2. The van der Waals surface area contributed by atoms with Gasteiger partial charge in [-0.2, -0.15) is 13.1 Å². The van der Waals surface area contributed by atoms with E-state index < -0.39 is 10.2 Å². The molecule has 0 spiro atoms. The lowest BCUT2D eigenvalue weighted by molar-refractivity contribution is 0.174. The van der Waals surface area contributed by atoms with Crippen LogP contribution in [0.1, 0.15) is 13.8 Å². The average Bonchev–Trinajstić information content (AvgIpc) is 2.74. The van der Waals surface area contributed by atoms with Crippen LogP contribution in [0.25, 0.3) is 0 Å². The molecule has 0 bridgehead atoms. The summed E-state index contributed by atoms with van der Waals surface area (Å²) in [5.41, 5.74) is 6.31. The Balaban J connectivity index is 2.15. The van der Waals surface area contributed by atoms with Crippen LogP contribution in [0.15, 0.2) is 12.1 Å². The molecule has 1 heterocycles. The van der Waals surface area contributed by atoms with Crippen molar-refractivity contribution in [3.63, 3.8) is 0 Å². The molecule has 7 nitrogen and oxygen atoms in total. The third kappa shape index (κ3) is 3.42. The molecule has 19 heavy (non-hydrogen) atoms. The maximum absolute atomic E-state index is 11.8. The molecule has 0 unspecified atom stereocenters. The topological polar surface area (TPSA) is 103 Å². The van der Waals surface area contributed by atoms with E-state index in [1.807, 2.05) is 13.8 Å². The monoisotopic (exact) mass is 287 g/mol. The first-order valence-electron chi connectivity index (χ1n) is 5.84. The minimum Gasteiger partial charge on any atom is -0.454 e. The van der Waals surface area contributed by atoms with Crippen molar-refractivity contribution in [2.75, 3.05) is 23.8 Å². The Morgan fingerprint density at radius 1 is 1.32 bits per heavy atom. The van der Waals surface area contributed by atoms with Crippen molar-refractivity contribution in [1.82, 2.24) is 4.72 Å². The zero-order chi connectivity index (χ0) is 14.0. The Hall–Kier alpha value is -1.67. The SMILES string of the molecule is CC(C)CNS(=O)(=O)Nc1cc2c(cc1N)OCO2. The molecule has 1 aromatic rings. The molecule has 106 valence electrons. The van der Waals surface area contributed by atoms with Crippen molar-refractivity contribution >= 4 is 21.6 Å². The van der Waals surface area contributed by atoms with Gasteiger partial charge in [0.1, 0.15) is 0 Å². The van der Waals surface area contributed by atoms with E-state index >= 15 is 0 Å². The van der Waals surface area contributed by atoms with Crippen molar-refractivity contribution in [2.45, 2.75) is 13.8 Å². The molecule has 0 aromatic heterocycles. The first kappa shape index (κ1) is 13.8. The lowest BCUT2D eigenvalue weighted by atomic mass is 10.2. The summed E-state index contributed by atoms with van der Waals surface area (Å²) >= 11 is 0. The van der Waals surface area contributed by atoms with Gasteiger partial charge in [-0.15, -0.1) is 0 Å². The number of benzene rings is 1. The zero-order valence-corrected chi connectivity index (χ0v) is 11.6. The summed E-state index contributed by atoms with van der Waals surface area (Å²) in [5, 5.41) is 0. The minimum atomic E-state index is -3.65. The van der Waals surface area contributed by atoms with E-state index in [9.17, 15) is 8.42 Å². The lowest BCUT2D eigenvalue weighted by Crippen LogP contribution is -2.33. The van der Waals surface area contributed by atoms with Crippen LogP contribution in [-0.2, 0) is 10.2 Å². The standard InChI is InChI=1S/C11H17N3O4S/c1-7(2)5-13-19(15,16)14-9-4-11-10(3-8(9)12)17-6-18-11/h3-4,7,13-14H,5-6,12H2,1-2H3. The van der Waals surface area contributed by atoms with E-state index in [2.05, 4.69) is 9.44 Å². The van der Waals surface area contributed by atoms with Crippen LogP contribution in [0.5, 0.6) is 11.5 Å². The van der Waals surface area contributed by atoms with Gasteiger partial charge in [0.15, 0.2) is 11.5 Å². The minimum absolute atomic E-state index is 0.108. The van der Waals surface area contributed by atoms with E-state index in [1.165, 1.54) is 12.1 Å². The molecule has 0 atom stereocenters. The summed E-state index contributed by atoms with van der Waals surface area (Å²) in [6.45, 7) is 4.28. The Morgan fingerprint density at radius 2 is 1.95 bits per heavy atom. The van der Waals surface area contributed by atoms with Gasteiger partial charge in [0.25, 0.3) is 10.2 Å². The van der Waals surface area contributed by atoms with Gasteiger partial charge in [0, 0.05) is 18.7 Å². The van der Waals surface area contributed by atoms with E-state index in [0.29, 0.717) is 18.0 Å². The highest BCUT2D eigenvalue weighted by molar-refractivity contribution is 7.90. The van der Waals surface area contributed by atoms with Crippen LogP contribution in [-0.4, -0.2) is 21.8 Å². The number of rotatable bonds is 5. The van der Waals surface area contributed by atoms with Crippen LogP contribution in [0, 0.1) is 5.92 Å². The summed E-state index contributed by atoms with van der Waals surface area (Å²) in [5.74, 6) is 1.19. The average molecular weight is 287 g/mol. The number of hydrogen-bond donors (Lipinski definition) is 3. The molecule has 0 amide bonds. The molecule has 1 aliphatic heterocycles. The largest absolute Gasteiger partial charge is 0.454 e. The second kappa shape index (κ2) is 5.14. The second-order valence-corrected chi connectivity index (χ2v) is 6.14. The van der Waals surface area contributed by atoms with Crippen LogP contribution >= 0.6 is 0 Å². The van der Waals surface area contributed by atoms with Gasteiger partial charge in [0.05, 0.1) is 11.4 Å². The Kier molecular flexibility index (Phi) is 3.72. The van der Waals surface area contributed by atoms with Crippen LogP contribution in [0.2, 0.25) is 0 Å². The smallest absolute Gasteiger partial charge is 0.299 e. The maximum Gasteiger partial charge on any atom is 0.299 e. The first-order valence-corrected chi connectivity index (χ1v) is 7.32. The normalized spacial score (nSPS) is 13.8. The quantitative estimate of drug-likeness (QED) is 0.698. The number of anilines is 2. The summed E-state index contributed by atoms with van der Waals surface area (Å²) in [6.07, 6.45) is 0. The van der Waals surface area contributed by atoms with Crippen molar-refractivity contribution in [3.05, 3.63) is 12.1 Å². The number of fused-ring (bicyclic) bond motifs is 1. The Morgan fingerprint density at radius 3 is 2.58 bits per heavy atom. The lowest BCUT2D eigenvalue weighted by Gasteiger charge is -2.13. The predicted octanol–water partition coefficient (Wildman–Crippen LogP) is 0.900. The first-order chi connectivity index (χ1) is 8.87.